The third-order valence-corrected chi connectivity index (χ3v) is 2.97. The van der Waals surface area contributed by atoms with Crippen molar-refractivity contribution >= 4 is 23.2 Å². The fraction of sp³-hybridized carbons (Fsp3) is 0.143. The number of alkyl halides is 1. The summed E-state index contributed by atoms with van der Waals surface area (Å²) in [6, 6.07) is 15.3. The molecule has 0 aromatic heterocycles. The van der Waals surface area contributed by atoms with E-state index in [1.165, 1.54) is 0 Å². The van der Waals surface area contributed by atoms with Gasteiger partial charge in [0.25, 0.3) is 0 Å². The molecular weight excluding hydrogens is 269 g/mol. The van der Waals surface area contributed by atoms with Crippen molar-refractivity contribution < 1.29 is 4.74 Å². The van der Waals surface area contributed by atoms with Crippen LogP contribution in [-0.2, 0) is 0 Å². The van der Waals surface area contributed by atoms with Gasteiger partial charge in [0.2, 0.25) is 0 Å². The highest BCUT2D eigenvalue weighted by Gasteiger charge is 2.10. The molecule has 0 bridgehead atoms. The first kappa shape index (κ1) is 13.2. The Kier molecular flexibility index (Phi) is 4.48. The van der Waals surface area contributed by atoms with Crippen molar-refractivity contribution in [1.29, 1.82) is 0 Å². The number of benzene rings is 2. The highest BCUT2D eigenvalue weighted by Crippen LogP contribution is 2.33. The fourth-order valence-corrected chi connectivity index (χ4v) is 1.90. The topological polar surface area (TPSA) is 35.2 Å². The lowest BCUT2D eigenvalue weighted by molar-refractivity contribution is 0.290. The molecule has 0 radical (unpaired) electrons. The second-order valence-electron chi connectivity index (χ2n) is 3.77. The van der Waals surface area contributed by atoms with Crippen molar-refractivity contribution in [3.8, 4) is 16.9 Å². The Morgan fingerprint density at radius 2 is 1.83 bits per heavy atom. The summed E-state index contributed by atoms with van der Waals surface area (Å²) in [7, 11) is 0. The SMILES string of the molecule is NCC(Cl)Oc1ccc(Cl)cc1-c1ccccc1. The molecular formula is C14H13Cl2NO. The molecule has 0 amide bonds. The van der Waals surface area contributed by atoms with Gasteiger partial charge in [0.15, 0.2) is 5.56 Å². The molecule has 2 aromatic rings. The molecule has 2 rings (SSSR count). The molecule has 0 saturated carbocycles. The van der Waals surface area contributed by atoms with E-state index >= 15 is 0 Å². The van der Waals surface area contributed by atoms with Gasteiger partial charge < -0.3 is 10.5 Å². The number of nitrogens with two attached hydrogens (primary N) is 1. The van der Waals surface area contributed by atoms with Gasteiger partial charge in [-0.05, 0) is 23.8 Å². The molecule has 0 saturated heterocycles. The standard InChI is InChI=1S/C14H13Cl2NO/c15-11-6-7-13(18-14(16)9-17)12(8-11)10-4-2-1-3-5-10/h1-8,14H,9,17H2. The molecule has 94 valence electrons. The van der Waals surface area contributed by atoms with Crippen LogP contribution in [0.2, 0.25) is 5.02 Å². The van der Waals surface area contributed by atoms with E-state index < -0.39 is 5.56 Å². The lowest BCUT2D eigenvalue weighted by Gasteiger charge is -2.15. The third kappa shape index (κ3) is 3.16. The van der Waals surface area contributed by atoms with E-state index in [4.69, 9.17) is 33.7 Å². The van der Waals surface area contributed by atoms with Crippen LogP contribution in [0.3, 0.4) is 0 Å². The van der Waals surface area contributed by atoms with Gasteiger partial charge in [0.1, 0.15) is 5.75 Å². The van der Waals surface area contributed by atoms with Crippen LogP contribution in [0.5, 0.6) is 5.75 Å². The van der Waals surface area contributed by atoms with Crippen LogP contribution in [0.15, 0.2) is 48.5 Å². The largest absolute Gasteiger partial charge is 0.473 e. The molecule has 0 fully saturated rings. The van der Waals surface area contributed by atoms with E-state index in [0.717, 1.165) is 11.1 Å². The van der Waals surface area contributed by atoms with Crippen molar-refractivity contribution in [2.24, 2.45) is 5.73 Å². The Morgan fingerprint density at radius 3 is 2.50 bits per heavy atom. The summed E-state index contributed by atoms with van der Waals surface area (Å²) in [5, 5.41) is 0.653. The molecule has 2 aromatic carbocycles. The highest BCUT2D eigenvalue weighted by atomic mass is 35.5. The van der Waals surface area contributed by atoms with Crippen molar-refractivity contribution in [3.63, 3.8) is 0 Å². The lowest BCUT2D eigenvalue weighted by atomic mass is 10.0. The van der Waals surface area contributed by atoms with Crippen LogP contribution in [0.4, 0.5) is 0 Å². The first-order valence-electron chi connectivity index (χ1n) is 5.56. The Morgan fingerprint density at radius 1 is 1.11 bits per heavy atom. The number of rotatable bonds is 4. The maximum absolute atomic E-state index is 6.02. The second-order valence-corrected chi connectivity index (χ2v) is 4.69. The van der Waals surface area contributed by atoms with E-state index in [0.29, 0.717) is 10.8 Å². The molecule has 18 heavy (non-hydrogen) atoms. The average molecular weight is 282 g/mol. The smallest absolute Gasteiger partial charge is 0.184 e. The summed E-state index contributed by atoms with van der Waals surface area (Å²) < 4.78 is 5.59. The Bertz CT molecular complexity index is 516. The summed E-state index contributed by atoms with van der Waals surface area (Å²) in [5.74, 6) is 0.677. The molecule has 1 unspecified atom stereocenters. The normalized spacial score (nSPS) is 12.2. The zero-order valence-corrected chi connectivity index (χ0v) is 11.2. The van der Waals surface area contributed by atoms with Crippen molar-refractivity contribution in [1.82, 2.24) is 0 Å². The van der Waals surface area contributed by atoms with Crippen LogP contribution in [0.1, 0.15) is 0 Å². The summed E-state index contributed by atoms with van der Waals surface area (Å²) in [5.41, 5.74) is 6.84. The molecule has 2 nitrogen and oxygen atoms in total. The predicted molar refractivity (Wildman–Crippen MR) is 76.2 cm³/mol. The molecule has 0 aliphatic carbocycles. The number of halogens is 2. The lowest BCUT2D eigenvalue weighted by Crippen LogP contribution is -2.20. The Hall–Kier alpha value is -1.22. The number of hydrogen-bond acceptors (Lipinski definition) is 2. The molecule has 2 N–H and O–H groups in total. The zero-order chi connectivity index (χ0) is 13.0. The molecule has 0 heterocycles. The van der Waals surface area contributed by atoms with Gasteiger partial charge in [-0.2, -0.15) is 0 Å². The van der Waals surface area contributed by atoms with Gasteiger partial charge >= 0.3 is 0 Å². The van der Waals surface area contributed by atoms with Crippen LogP contribution in [0.25, 0.3) is 11.1 Å². The van der Waals surface area contributed by atoms with Gasteiger partial charge in [-0.15, -0.1) is 0 Å². The van der Waals surface area contributed by atoms with E-state index in [1.807, 2.05) is 36.4 Å². The minimum absolute atomic E-state index is 0.248. The molecule has 0 spiro atoms. The van der Waals surface area contributed by atoms with Gasteiger partial charge in [-0.25, -0.2) is 0 Å². The van der Waals surface area contributed by atoms with E-state index in [-0.39, 0.29) is 6.54 Å². The van der Waals surface area contributed by atoms with Crippen LogP contribution in [0, 0.1) is 0 Å². The predicted octanol–water partition coefficient (Wildman–Crippen LogP) is 3.91. The minimum atomic E-state index is -0.548. The van der Waals surface area contributed by atoms with Gasteiger partial charge in [-0.1, -0.05) is 53.5 Å². The highest BCUT2D eigenvalue weighted by molar-refractivity contribution is 6.31. The molecule has 4 heteroatoms. The van der Waals surface area contributed by atoms with Crippen LogP contribution in [-0.4, -0.2) is 12.1 Å². The fourth-order valence-electron chi connectivity index (χ4n) is 1.63. The Labute approximate surface area is 116 Å². The summed E-state index contributed by atoms with van der Waals surface area (Å²) >= 11 is 11.9. The zero-order valence-electron chi connectivity index (χ0n) is 9.64. The quantitative estimate of drug-likeness (QED) is 0.863. The van der Waals surface area contributed by atoms with E-state index in [2.05, 4.69) is 0 Å². The maximum Gasteiger partial charge on any atom is 0.184 e. The van der Waals surface area contributed by atoms with Gasteiger partial charge in [0.05, 0.1) is 0 Å². The summed E-state index contributed by atoms with van der Waals surface area (Å²) in [4.78, 5) is 0. The van der Waals surface area contributed by atoms with Crippen molar-refractivity contribution in [2.45, 2.75) is 5.56 Å². The van der Waals surface area contributed by atoms with E-state index in [9.17, 15) is 0 Å². The van der Waals surface area contributed by atoms with Crippen molar-refractivity contribution in [3.05, 3.63) is 53.6 Å². The second kappa shape index (κ2) is 6.10. The first-order chi connectivity index (χ1) is 8.70. The van der Waals surface area contributed by atoms with Crippen molar-refractivity contribution in [2.75, 3.05) is 6.54 Å². The number of hydrogen-bond donors (Lipinski definition) is 1. The monoisotopic (exact) mass is 281 g/mol. The first-order valence-corrected chi connectivity index (χ1v) is 6.38. The summed E-state index contributed by atoms with van der Waals surface area (Å²) in [6.07, 6.45) is 0. The van der Waals surface area contributed by atoms with Gasteiger partial charge in [0, 0.05) is 17.1 Å². The average Bonchev–Trinajstić information content (AvgIpc) is 2.41. The third-order valence-electron chi connectivity index (χ3n) is 2.47. The number of ether oxygens (including phenoxy) is 1. The van der Waals surface area contributed by atoms with Crippen LogP contribution >= 0.6 is 23.2 Å². The Balaban J connectivity index is 2.41. The van der Waals surface area contributed by atoms with E-state index in [1.54, 1.807) is 12.1 Å². The summed E-state index contributed by atoms with van der Waals surface area (Å²) in [6.45, 7) is 0.248. The van der Waals surface area contributed by atoms with Crippen LogP contribution < -0.4 is 10.5 Å². The molecule has 0 aliphatic rings. The molecule has 1 atom stereocenters. The minimum Gasteiger partial charge on any atom is -0.473 e. The van der Waals surface area contributed by atoms with Gasteiger partial charge in [-0.3, -0.25) is 0 Å². The molecule has 0 aliphatic heterocycles. The maximum atomic E-state index is 6.02.